The first-order valence-corrected chi connectivity index (χ1v) is 14.4. The van der Waals surface area contributed by atoms with E-state index < -0.39 is 18.5 Å². The van der Waals surface area contributed by atoms with Crippen molar-refractivity contribution in [2.24, 2.45) is 0 Å². The molecule has 7 heteroatoms. The maximum Gasteiger partial charge on any atom is 0.339 e. The van der Waals surface area contributed by atoms with Gasteiger partial charge in [-0.2, -0.15) is 5.26 Å². The highest BCUT2D eigenvalue weighted by Gasteiger charge is 2.28. The molecule has 2 aliphatic carbocycles. The van der Waals surface area contributed by atoms with Crippen LogP contribution < -0.4 is 5.32 Å². The van der Waals surface area contributed by atoms with Gasteiger partial charge >= 0.3 is 5.97 Å². The third-order valence-corrected chi connectivity index (χ3v) is 9.03. The molecule has 0 radical (unpaired) electrons. The summed E-state index contributed by atoms with van der Waals surface area (Å²) in [5, 5.41) is 14.0. The van der Waals surface area contributed by atoms with E-state index in [-0.39, 0.29) is 0 Å². The second-order valence-electron chi connectivity index (χ2n) is 10.3. The fraction of sp³-hybridized carbons (Fsp3) is 0.312. The van der Waals surface area contributed by atoms with Gasteiger partial charge in [0, 0.05) is 16.0 Å². The van der Waals surface area contributed by atoms with Crippen LogP contribution in [0.1, 0.15) is 74.8 Å². The highest BCUT2D eigenvalue weighted by atomic mass is 32.1. The molecule has 0 fully saturated rings. The van der Waals surface area contributed by atoms with E-state index in [1.165, 1.54) is 16.9 Å². The number of carbonyl (C=O) groups is 2. The summed E-state index contributed by atoms with van der Waals surface area (Å²) in [7, 11) is 0. The molecular weight excluding hydrogens is 506 g/mol. The lowest BCUT2D eigenvalue weighted by Gasteiger charge is -2.22. The predicted molar refractivity (Wildman–Crippen MR) is 152 cm³/mol. The lowest BCUT2D eigenvalue weighted by atomic mass is 9.83. The molecule has 1 amide bonds. The third-order valence-electron chi connectivity index (χ3n) is 7.86. The van der Waals surface area contributed by atoms with Crippen LogP contribution in [-0.2, 0) is 35.2 Å². The number of amides is 1. The SMILES string of the molecule is N#Cc1c(NC(=O)COC(=O)c2c3c(nc4ccccc24)CCCCC3)sc2c1CCC(c1ccccc1)C2. The van der Waals surface area contributed by atoms with Crippen molar-refractivity contribution in [3.05, 3.63) is 93.0 Å². The molecule has 0 aliphatic heterocycles. The molecule has 0 spiro atoms. The Morgan fingerprint density at radius 2 is 1.79 bits per heavy atom. The van der Waals surface area contributed by atoms with Gasteiger partial charge in [0.25, 0.3) is 5.91 Å². The smallest absolute Gasteiger partial charge is 0.339 e. The number of esters is 1. The normalized spacial score (nSPS) is 16.4. The Kier molecular flexibility index (Phi) is 7.12. The van der Waals surface area contributed by atoms with Crippen LogP contribution in [0.25, 0.3) is 10.9 Å². The molecule has 0 saturated heterocycles. The van der Waals surface area contributed by atoms with Gasteiger partial charge in [-0.25, -0.2) is 4.79 Å². The molecule has 1 N–H and O–H groups in total. The fourth-order valence-electron chi connectivity index (χ4n) is 5.95. The van der Waals surface area contributed by atoms with Crippen LogP contribution in [0.3, 0.4) is 0 Å². The number of aryl methyl sites for hydroxylation is 1. The van der Waals surface area contributed by atoms with Crippen LogP contribution >= 0.6 is 11.3 Å². The van der Waals surface area contributed by atoms with Crippen LogP contribution in [0.15, 0.2) is 54.6 Å². The van der Waals surface area contributed by atoms with Gasteiger partial charge in [-0.15, -0.1) is 11.3 Å². The molecule has 196 valence electrons. The Morgan fingerprint density at radius 1 is 1.00 bits per heavy atom. The zero-order valence-electron chi connectivity index (χ0n) is 21.7. The number of para-hydroxylation sites is 1. The van der Waals surface area contributed by atoms with E-state index in [1.54, 1.807) is 0 Å². The first-order chi connectivity index (χ1) is 19.1. The number of pyridine rings is 1. The van der Waals surface area contributed by atoms with Crippen molar-refractivity contribution in [3.8, 4) is 6.07 Å². The second kappa shape index (κ2) is 11.0. The van der Waals surface area contributed by atoms with Gasteiger partial charge in [0.1, 0.15) is 11.1 Å². The van der Waals surface area contributed by atoms with Crippen molar-refractivity contribution in [1.29, 1.82) is 5.26 Å². The lowest BCUT2D eigenvalue weighted by Crippen LogP contribution is -2.22. The number of anilines is 1. The van der Waals surface area contributed by atoms with E-state index in [9.17, 15) is 14.9 Å². The van der Waals surface area contributed by atoms with E-state index in [2.05, 4.69) is 35.7 Å². The van der Waals surface area contributed by atoms with Crippen LogP contribution in [0.5, 0.6) is 0 Å². The minimum atomic E-state index is -0.501. The molecule has 1 unspecified atom stereocenters. The molecule has 1 atom stereocenters. The van der Waals surface area contributed by atoms with Crippen LogP contribution in [0, 0.1) is 11.3 Å². The standard InChI is InChI=1S/C32H29N3O3S/c33-18-25-22-16-15-21(20-9-3-1-4-10-20)17-28(22)39-31(25)35-29(36)19-38-32(37)30-23-11-5-2-6-13-26(23)34-27-14-8-7-12-24(27)30/h1,3-4,7-10,12,14,21H,2,5-6,11,13,15-17,19H2,(H,35,36). The van der Waals surface area contributed by atoms with E-state index in [0.29, 0.717) is 22.0 Å². The number of nitriles is 1. The summed E-state index contributed by atoms with van der Waals surface area (Å²) in [6.45, 7) is -0.412. The number of fused-ring (bicyclic) bond motifs is 3. The van der Waals surface area contributed by atoms with Crippen molar-refractivity contribution >= 4 is 39.1 Å². The molecule has 2 aliphatic rings. The zero-order chi connectivity index (χ0) is 26.8. The molecule has 2 aromatic heterocycles. The van der Waals surface area contributed by atoms with E-state index >= 15 is 0 Å². The highest BCUT2D eigenvalue weighted by molar-refractivity contribution is 7.16. The molecular formula is C32H29N3O3S. The summed E-state index contributed by atoms with van der Waals surface area (Å²) >= 11 is 1.46. The first kappa shape index (κ1) is 25.3. The maximum atomic E-state index is 13.4. The van der Waals surface area contributed by atoms with Gasteiger partial charge in [-0.05, 0) is 73.6 Å². The van der Waals surface area contributed by atoms with Crippen LogP contribution in [0.4, 0.5) is 5.00 Å². The number of aromatic nitrogens is 1. The number of thiophene rings is 1. The quantitative estimate of drug-likeness (QED) is 0.232. The number of benzene rings is 2. The number of nitrogens with one attached hydrogen (secondary N) is 1. The molecule has 6 rings (SSSR count). The van der Waals surface area contributed by atoms with E-state index in [1.807, 2.05) is 30.3 Å². The first-order valence-electron chi connectivity index (χ1n) is 13.6. The maximum absolute atomic E-state index is 13.4. The van der Waals surface area contributed by atoms with Crippen molar-refractivity contribution < 1.29 is 14.3 Å². The summed E-state index contributed by atoms with van der Waals surface area (Å²) in [6, 6.07) is 20.3. The average Bonchev–Trinajstić information content (AvgIpc) is 3.13. The lowest BCUT2D eigenvalue weighted by molar-refractivity contribution is -0.119. The van der Waals surface area contributed by atoms with Crippen molar-refractivity contribution in [3.63, 3.8) is 0 Å². The molecule has 4 aromatic rings. The number of hydrogen-bond acceptors (Lipinski definition) is 6. The monoisotopic (exact) mass is 535 g/mol. The van der Waals surface area contributed by atoms with Crippen molar-refractivity contribution in [2.45, 2.75) is 57.3 Å². The number of carbonyl (C=O) groups excluding carboxylic acids is 2. The van der Waals surface area contributed by atoms with Gasteiger partial charge in [0.05, 0.1) is 16.6 Å². The van der Waals surface area contributed by atoms with Crippen molar-refractivity contribution in [2.75, 3.05) is 11.9 Å². The Hall–Kier alpha value is -4.02. The number of rotatable bonds is 5. The Morgan fingerprint density at radius 3 is 2.64 bits per heavy atom. The summed E-state index contributed by atoms with van der Waals surface area (Å²) in [4.78, 5) is 32.3. The van der Waals surface area contributed by atoms with Gasteiger partial charge < -0.3 is 10.1 Å². The molecule has 0 saturated carbocycles. The van der Waals surface area contributed by atoms with E-state index in [0.717, 1.165) is 84.0 Å². The summed E-state index contributed by atoms with van der Waals surface area (Å²) in [5.74, 6) is -0.542. The topological polar surface area (TPSA) is 92.1 Å². The second-order valence-corrected chi connectivity index (χ2v) is 11.4. The highest BCUT2D eigenvalue weighted by Crippen LogP contribution is 2.42. The number of ether oxygens (including phenoxy) is 1. The van der Waals surface area contributed by atoms with Gasteiger partial charge in [-0.3, -0.25) is 9.78 Å². The molecule has 2 aromatic carbocycles. The summed E-state index contributed by atoms with van der Waals surface area (Å²) in [6.07, 6.45) is 7.39. The van der Waals surface area contributed by atoms with Gasteiger partial charge in [0.2, 0.25) is 0 Å². The molecule has 0 bridgehead atoms. The number of hydrogen-bond donors (Lipinski definition) is 1. The van der Waals surface area contributed by atoms with Crippen LogP contribution in [-0.4, -0.2) is 23.5 Å². The Balaban J connectivity index is 1.18. The molecule has 6 nitrogen and oxygen atoms in total. The van der Waals surface area contributed by atoms with Crippen LogP contribution in [0.2, 0.25) is 0 Å². The molecule has 2 heterocycles. The third kappa shape index (κ3) is 5.05. The zero-order valence-corrected chi connectivity index (χ0v) is 22.5. The average molecular weight is 536 g/mol. The predicted octanol–water partition coefficient (Wildman–Crippen LogP) is 6.50. The fourth-order valence-corrected chi connectivity index (χ4v) is 7.24. The molecule has 39 heavy (non-hydrogen) atoms. The Labute approximate surface area is 231 Å². The minimum Gasteiger partial charge on any atom is -0.452 e. The Bertz CT molecular complexity index is 1600. The van der Waals surface area contributed by atoms with Gasteiger partial charge in [0.15, 0.2) is 6.61 Å². The van der Waals surface area contributed by atoms with E-state index in [4.69, 9.17) is 9.72 Å². The minimum absolute atomic E-state index is 0.402. The largest absolute Gasteiger partial charge is 0.452 e. The van der Waals surface area contributed by atoms with Crippen molar-refractivity contribution in [1.82, 2.24) is 4.98 Å². The van der Waals surface area contributed by atoms with Gasteiger partial charge in [-0.1, -0.05) is 55.0 Å². The summed E-state index contributed by atoms with van der Waals surface area (Å²) in [5.41, 5.74) is 6.07. The summed E-state index contributed by atoms with van der Waals surface area (Å²) < 4.78 is 5.57. The number of nitrogens with zero attached hydrogens (tertiary/aromatic N) is 2.